The van der Waals surface area contributed by atoms with Gasteiger partial charge >= 0.3 is 20.4 Å². The zero-order valence-electron chi connectivity index (χ0n) is 2.29. The van der Waals surface area contributed by atoms with Crippen LogP contribution in [0, 0.1) is 0 Å². The van der Waals surface area contributed by atoms with Crippen molar-refractivity contribution in [2.45, 2.75) is 0 Å². The number of rotatable bonds is 0. The van der Waals surface area contributed by atoms with Crippen molar-refractivity contribution in [1.82, 2.24) is 0 Å². The third kappa shape index (κ3) is 31.0. The van der Waals surface area contributed by atoms with Gasteiger partial charge in [-0.2, -0.15) is 0 Å². The molecule has 2 unspecified atom stereocenters. The van der Waals surface area contributed by atoms with Crippen molar-refractivity contribution in [1.29, 1.82) is 0 Å². The summed E-state index contributed by atoms with van der Waals surface area (Å²) in [6.45, 7) is 0. The first-order valence-corrected chi connectivity index (χ1v) is 1.41. The van der Waals surface area contributed by atoms with Gasteiger partial charge in [0.15, 0.2) is 0 Å². The zero-order chi connectivity index (χ0) is 4.00. The standard InChI is InChI=1S/2H2OP.Pd/c2*1-2;/h2*2H2;/q2*-1;+2. The van der Waals surface area contributed by atoms with Gasteiger partial charge in [-0.25, -0.2) is 18.9 Å². The van der Waals surface area contributed by atoms with Gasteiger partial charge in [-0.05, 0) is 0 Å². The van der Waals surface area contributed by atoms with Gasteiger partial charge in [0.25, 0.3) is 0 Å². The third-order valence-corrected chi connectivity index (χ3v) is 0. The molecule has 0 aromatic heterocycles. The maximum absolute atomic E-state index is 8.17. The Labute approximate surface area is 49.6 Å². The molecule has 0 bridgehead atoms. The maximum Gasteiger partial charge on any atom is 2.00 e. The van der Waals surface area contributed by atoms with Gasteiger partial charge in [0.2, 0.25) is 0 Å². The van der Waals surface area contributed by atoms with Crippen molar-refractivity contribution in [2.24, 2.45) is 0 Å². The van der Waals surface area contributed by atoms with E-state index in [1.54, 1.807) is 0 Å². The van der Waals surface area contributed by atoms with Crippen molar-refractivity contribution in [3.63, 3.8) is 0 Å². The molecular formula is H4O2P2Pd. The van der Waals surface area contributed by atoms with E-state index >= 15 is 0 Å². The minimum Gasteiger partial charge on any atom is -0.834 e. The molecule has 5 heavy (non-hydrogen) atoms. The van der Waals surface area contributed by atoms with Crippen LogP contribution in [0.3, 0.4) is 0 Å². The van der Waals surface area contributed by atoms with Crippen LogP contribution in [0.5, 0.6) is 0 Å². The van der Waals surface area contributed by atoms with Gasteiger partial charge in [0.05, 0.1) is 0 Å². The summed E-state index contributed by atoms with van der Waals surface area (Å²) >= 11 is 0. The summed E-state index contributed by atoms with van der Waals surface area (Å²) in [4.78, 5) is 16.3. The second-order valence-electron chi connectivity index (χ2n) is 0. The van der Waals surface area contributed by atoms with Crippen molar-refractivity contribution in [2.75, 3.05) is 0 Å². The van der Waals surface area contributed by atoms with E-state index in [0.29, 0.717) is 0 Å². The average Bonchev–Trinajstić information content (AvgIpc) is 1.50. The SMILES string of the molecule is [O-]P.[O-]P.[Pd+2]. The zero-order valence-corrected chi connectivity index (χ0v) is 6.15. The molecule has 0 aromatic rings. The second kappa shape index (κ2) is 51.6. The monoisotopic (exact) mass is 204 g/mol. The molecule has 2 atom stereocenters. The summed E-state index contributed by atoms with van der Waals surface area (Å²) in [5.74, 6) is 0. The fourth-order valence-corrected chi connectivity index (χ4v) is 0. The van der Waals surface area contributed by atoms with E-state index in [1.807, 2.05) is 0 Å². The quantitative estimate of drug-likeness (QED) is 0.348. The van der Waals surface area contributed by atoms with E-state index in [0.717, 1.165) is 0 Å². The minimum absolute atomic E-state index is 0. The predicted molar refractivity (Wildman–Crippen MR) is 19.4 cm³/mol. The molecule has 0 aliphatic rings. The molecule has 5 heteroatoms. The van der Waals surface area contributed by atoms with E-state index in [2.05, 4.69) is 0 Å². The van der Waals surface area contributed by atoms with Crippen LogP contribution in [-0.4, -0.2) is 0 Å². The van der Waals surface area contributed by atoms with Crippen molar-refractivity contribution < 1.29 is 30.2 Å². The summed E-state index contributed by atoms with van der Waals surface area (Å²) in [6.07, 6.45) is 0. The van der Waals surface area contributed by atoms with Crippen LogP contribution >= 0.6 is 18.9 Å². The second-order valence-corrected chi connectivity index (χ2v) is 0. The van der Waals surface area contributed by atoms with Crippen LogP contribution in [0.1, 0.15) is 0 Å². The van der Waals surface area contributed by atoms with E-state index in [4.69, 9.17) is 9.79 Å². The van der Waals surface area contributed by atoms with Crippen LogP contribution in [0.15, 0.2) is 0 Å². The molecule has 36 valence electrons. The summed E-state index contributed by atoms with van der Waals surface area (Å²) in [7, 11) is 2.33. The molecule has 0 radical (unpaired) electrons. The smallest absolute Gasteiger partial charge is 0.834 e. The van der Waals surface area contributed by atoms with Crippen molar-refractivity contribution in [3.8, 4) is 0 Å². The van der Waals surface area contributed by atoms with E-state index in [9.17, 15) is 0 Å². The number of hydrogen-bond acceptors (Lipinski definition) is 2. The topological polar surface area (TPSA) is 46.1 Å². The Bertz CT molecular complexity index is 7.61. The average molecular weight is 204 g/mol. The Hall–Kier alpha value is 1.44. The molecule has 0 aromatic carbocycles. The third-order valence-electron chi connectivity index (χ3n) is 0. The molecule has 0 heterocycles. The minimum atomic E-state index is 0. The normalized spacial score (nSPS) is 2.40. The van der Waals surface area contributed by atoms with Gasteiger partial charge in [0, 0.05) is 0 Å². The molecule has 0 N–H and O–H groups in total. The Balaban J connectivity index is -0.0000000133. The van der Waals surface area contributed by atoms with Gasteiger partial charge in [-0.15, -0.1) is 0 Å². The molecule has 0 saturated carbocycles. The predicted octanol–water partition coefficient (Wildman–Crippen LogP) is -1.73. The molecule has 2 nitrogen and oxygen atoms in total. The van der Waals surface area contributed by atoms with Crippen LogP contribution in [0.2, 0.25) is 0 Å². The van der Waals surface area contributed by atoms with Gasteiger partial charge < -0.3 is 9.79 Å². The van der Waals surface area contributed by atoms with Crippen molar-refractivity contribution >= 4 is 18.9 Å². The fraction of sp³-hybridized carbons (Fsp3) is 0. The summed E-state index contributed by atoms with van der Waals surface area (Å²) < 4.78 is 0. The Morgan fingerprint density at radius 3 is 0.800 bits per heavy atom. The Morgan fingerprint density at radius 1 is 0.800 bits per heavy atom. The van der Waals surface area contributed by atoms with Crippen LogP contribution < -0.4 is 9.79 Å². The van der Waals surface area contributed by atoms with Gasteiger partial charge in [-0.3, -0.25) is 0 Å². The molecule has 0 amide bonds. The van der Waals surface area contributed by atoms with Gasteiger partial charge in [-0.1, -0.05) is 0 Å². The molecule has 0 spiro atoms. The Morgan fingerprint density at radius 2 is 0.800 bits per heavy atom. The molecular weight excluding hydrogens is 200 g/mol. The molecule has 0 aliphatic heterocycles. The van der Waals surface area contributed by atoms with Crippen LogP contribution in [0.25, 0.3) is 0 Å². The molecule has 0 fully saturated rings. The first kappa shape index (κ1) is 16.1. The first-order valence-electron chi connectivity index (χ1n) is 0.471. The van der Waals surface area contributed by atoms with E-state index < -0.39 is 0 Å². The molecule has 0 rings (SSSR count). The fourth-order valence-electron chi connectivity index (χ4n) is 0. The van der Waals surface area contributed by atoms with Crippen LogP contribution in [-0.2, 0) is 20.4 Å². The first-order chi connectivity index (χ1) is 2.00. The number of hydrogen-bond donors (Lipinski definition) is 0. The maximum atomic E-state index is 8.17. The van der Waals surface area contributed by atoms with Gasteiger partial charge in [0.1, 0.15) is 0 Å². The van der Waals surface area contributed by atoms with Crippen LogP contribution in [0.4, 0.5) is 0 Å². The summed E-state index contributed by atoms with van der Waals surface area (Å²) in [5.41, 5.74) is 0. The van der Waals surface area contributed by atoms with Crippen molar-refractivity contribution in [3.05, 3.63) is 0 Å². The molecule has 0 saturated heterocycles. The summed E-state index contributed by atoms with van der Waals surface area (Å²) in [5, 5.41) is 0. The molecule has 0 aliphatic carbocycles. The Kier molecular flexibility index (Phi) is 166. The van der Waals surface area contributed by atoms with E-state index in [-0.39, 0.29) is 20.4 Å². The van der Waals surface area contributed by atoms with E-state index in [1.165, 1.54) is 18.9 Å². The largest absolute Gasteiger partial charge is 2.00 e. The summed E-state index contributed by atoms with van der Waals surface area (Å²) in [6, 6.07) is 0.